The molecule has 0 unspecified atom stereocenters. The Balaban J connectivity index is 1.56. The van der Waals surface area contributed by atoms with Crippen LogP contribution in [0.5, 0.6) is 0 Å². The summed E-state index contributed by atoms with van der Waals surface area (Å²) in [7, 11) is 7.92. The Morgan fingerprint density at radius 1 is 1.35 bits per heavy atom. The number of amides is 1. The molecular weight excluding hydrogens is 285 g/mol. The van der Waals surface area contributed by atoms with Gasteiger partial charge in [-0.3, -0.25) is 9.48 Å². The normalized spacial score (nSPS) is 26.6. The molecule has 2 bridgehead atoms. The van der Waals surface area contributed by atoms with Crippen molar-refractivity contribution >= 4 is 30.1 Å². The van der Waals surface area contributed by atoms with Gasteiger partial charge in [0.1, 0.15) is 7.85 Å². The van der Waals surface area contributed by atoms with E-state index < -0.39 is 0 Å². The maximum atomic E-state index is 12.7. The second-order valence-corrected chi connectivity index (χ2v) is 7.38. The van der Waals surface area contributed by atoms with Gasteiger partial charge in [0, 0.05) is 19.0 Å². The van der Waals surface area contributed by atoms with E-state index in [-0.39, 0.29) is 5.91 Å². The highest BCUT2D eigenvalue weighted by atomic mass is 16.1. The number of hydrogen-bond donors (Lipinski definition) is 1. The van der Waals surface area contributed by atoms with Crippen molar-refractivity contribution in [1.29, 1.82) is 0 Å². The summed E-state index contributed by atoms with van der Waals surface area (Å²) in [4.78, 5) is 12.7. The number of aryl methyl sites for hydroxylation is 1. The van der Waals surface area contributed by atoms with Gasteiger partial charge in [-0.15, -0.1) is 0 Å². The fraction of sp³-hybridized carbons (Fsp3) is 0.556. The number of aromatic nitrogens is 2. The number of carbonyl (C=O) groups is 1. The zero-order valence-electron chi connectivity index (χ0n) is 13.6. The molecule has 3 saturated carbocycles. The zero-order chi connectivity index (χ0) is 16.0. The van der Waals surface area contributed by atoms with Crippen molar-refractivity contribution in [2.75, 3.05) is 6.54 Å². The molecular formula is C18H22BN3O. The number of nitrogens with one attached hydrogen (secondary N) is 1. The minimum absolute atomic E-state index is 0.101. The summed E-state index contributed by atoms with van der Waals surface area (Å²) in [5.74, 6) is 0.836. The van der Waals surface area contributed by atoms with Crippen LogP contribution in [0.25, 0.3) is 10.9 Å². The smallest absolute Gasteiger partial charge is 0.272 e. The lowest BCUT2D eigenvalue weighted by molar-refractivity contribution is 0.0596. The lowest BCUT2D eigenvalue weighted by Crippen LogP contribution is -2.43. The summed E-state index contributed by atoms with van der Waals surface area (Å²) in [6.45, 7) is 0.767. The van der Waals surface area contributed by atoms with Crippen LogP contribution in [0.15, 0.2) is 18.2 Å². The summed E-state index contributed by atoms with van der Waals surface area (Å²) in [5, 5.41) is 8.31. The summed E-state index contributed by atoms with van der Waals surface area (Å²) >= 11 is 0. The molecule has 23 heavy (non-hydrogen) atoms. The molecule has 1 N–H and O–H groups in total. The first kappa shape index (κ1) is 14.8. The summed E-state index contributed by atoms with van der Waals surface area (Å²) in [6, 6.07) is 5.65. The van der Waals surface area contributed by atoms with Gasteiger partial charge < -0.3 is 5.32 Å². The monoisotopic (exact) mass is 307 g/mol. The fourth-order valence-electron chi connectivity index (χ4n) is 4.45. The van der Waals surface area contributed by atoms with Crippen molar-refractivity contribution in [2.24, 2.45) is 18.4 Å². The molecule has 118 valence electrons. The second kappa shape index (κ2) is 5.39. The van der Waals surface area contributed by atoms with Crippen molar-refractivity contribution in [3.05, 3.63) is 23.9 Å². The Morgan fingerprint density at radius 2 is 2.04 bits per heavy atom. The molecule has 3 aliphatic rings. The summed E-state index contributed by atoms with van der Waals surface area (Å²) < 4.78 is 1.73. The fourth-order valence-corrected chi connectivity index (χ4v) is 4.45. The van der Waals surface area contributed by atoms with E-state index in [2.05, 4.69) is 10.4 Å². The third kappa shape index (κ3) is 2.46. The SMILES string of the molecule is [B]c1cccc2c1c(C(=O)NCC13CCC(CC1)CC3)nn2C. The molecule has 0 aliphatic heterocycles. The third-order valence-electron chi connectivity index (χ3n) is 6.00. The first-order valence-electron chi connectivity index (χ1n) is 8.57. The molecule has 2 aromatic rings. The van der Waals surface area contributed by atoms with Crippen molar-refractivity contribution < 1.29 is 4.79 Å². The van der Waals surface area contributed by atoms with E-state index in [0.29, 0.717) is 16.6 Å². The molecule has 4 nitrogen and oxygen atoms in total. The lowest BCUT2D eigenvalue weighted by atomic mass is 9.61. The average molecular weight is 307 g/mol. The molecule has 0 spiro atoms. The van der Waals surface area contributed by atoms with Crippen LogP contribution >= 0.6 is 0 Å². The van der Waals surface area contributed by atoms with E-state index in [1.165, 1.54) is 38.5 Å². The van der Waals surface area contributed by atoms with Gasteiger partial charge in [0.15, 0.2) is 5.69 Å². The molecule has 1 aromatic heterocycles. The minimum Gasteiger partial charge on any atom is -0.350 e. The van der Waals surface area contributed by atoms with Crippen molar-refractivity contribution in [3.63, 3.8) is 0 Å². The van der Waals surface area contributed by atoms with E-state index in [4.69, 9.17) is 7.85 Å². The summed E-state index contributed by atoms with van der Waals surface area (Å²) in [6.07, 6.45) is 7.75. The lowest BCUT2D eigenvalue weighted by Gasteiger charge is -2.46. The van der Waals surface area contributed by atoms with Crippen LogP contribution in [-0.2, 0) is 7.05 Å². The predicted molar refractivity (Wildman–Crippen MR) is 92.1 cm³/mol. The average Bonchev–Trinajstić information content (AvgIpc) is 2.93. The van der Waals surface area contributed by atoms with Crippen LogP contribution in [0.1, 0.15) is 49.0 Å². The highest BCUT2D eigenvalue weighted by Crippen LogP contribution is 2.49. The van der Waals surface area contributed by atoms with Gasteiger partial charge in [-0.25, -0.2) is 0 Å². The van der Waals surface area contributed by atoms with Gasteiger partial charge in [-0.05, 0) is 55.9 Å². The van der Waals surface area contributed by atoms with Crippen LogP contribution < -0.4 is 10.8 Å². The van der Waals surface area contributed by atoms with Gasteiger partial charge in [0.2, 0.25) is 0 Å². The zero-order valence-corrected chi connectivity index (χ0v) is 13.6. The van der Waals surface area contributed by atoms with Crippen molar-refractivity contribution in [3.8, 4) is 0 Å². The van der Waals surface area contributed by atoms with Crippen LogP contribution in [0.3, 0.4) is 0 Å². The predicted octanol–water partition coefficient (Wildman–Crippen LogP) is 2.07. The van der Waals surface area contributed by atoms with E-state index in [0.717, 1.165) is 23.4 Å². The number of fused-ring (bicyclic) bond motifs is 4. The van der Waals surface area contributed by atoms with E-state index >= 15 is 0 Å². The highest BCUT2D eigenvalue weighted by molar-refractivity contribution is 6.40. The number of rotatable bonds is 3. The number of nitrogens with zero attached hydrogens (tertiary/aromatic N) is 2. The van der Waals surface area contributed by atoms with Crippen LogP contribution in [0.2, 0.25) is 0 Å². The minimum atomic E-state index is -0.101. The Hall–Kier alpha value is -1.78. The van der Waals surface area contributed by atoms with Crippen LogP contribution in [-0.4, -0.2) is 30.1 Å². The molecule has 3 aliphatic carbocycles. The number of hydrogen-bond acceptors (Lipinski definition) is 2. The second-order valence-electron chi connectivity index (χ2n) is 7.38. The van der Waals surface area contributed by atoms with E-state index in [1.54, 1.807) is 4.68 Å². The largest absolute Gasteiger partial charge is 0.350 e. The molecule has 5 rings (SSSR count). The van der Waals surface area contributed by atoms with Gasteiger partial charge in [-0.2, -0.15) is 5.10 Å². The highest BCUT2D eigenvalue weighted by Gasteiger charge is 2.40. The number of benzene rings is 1. The molecule has 1 aromatic carbocycles. The van der Waals surface area contributed by atoms with Gasteiger partial charge in [-0.1, -0.05) is 17.6 Å². The van der Waals surface area contributed by atoms with Crippen molar-refractivity contribution in [2.45, 2.75) is 38.5 Å². The topological polar surface area (TPSA) is 46.9 Å². The molecule has 0 atom stereocenters. The Morgan fingerprint density at radius 3 is 2.74 bits per heavy atom. The number of carbonyl (C=O) groups excluding carboxylic acids is 1. The first-order chi connectivity index (χ1) is 11.1. The maximum absolute atomic E-state index is 12.7. The first-order valence-corrected chi connectivity index (χ1v) is 8.57. The van der Waals surface area contributed by atoms with Gasteiger partial charge in [0.25, 0.3) is 5.91 Å². The molecule has 5 heteroatoms. The van der Waals surface area contributed by atoms with Gasteiger partial charge in [0.05, 0.1) is 5.52 Å². The third-order valence-corrected chi connectivity index (χ3v) is 6.00. The maximum Gasteiger partial charge on any atom is 0.272 e. The Labute approximate surface area is 138 Å². The Bertz CT molecular complexity index is 745. The molecule has 1 heterocycles. The van der Waals surface area contributed by atoms with E-state index in [1.807, 2.05) is 25.2 Å². The Kier molecular flexibility index (Phi) is 3.47. The molecule has 3 fully saturated rings. The molecule has 0 saturated heterocycles. The molecule has 1 amide bonds. The van der Waals surface area contributed by atoms with Crippen LogP contribution in [0.4, 0.5) is 0 Å². The van der Waals surface area contributed by atoms with Crippen LogP contribution in [0, 0.1) is 11.3 Å². The van der Waals surface area contributed by atoms with Crippen molar-refractivity contribution in [1.82, 2.24) is 15.1 Å². The summed E-state index contributed by atoms with van der Waals surface area (Å²) in [5.41, 5.74) is 2.27. The van der Waals surface area contributed by atoms with E-state index in [9.17, 15) is 4.79 Å². The standard InChI is InChI=1S/C18H22BN3O/c1-22-14-4-2-3-13(19)15(14)16(21-22)17(23)20-11-18-8-5-12(6-9-18)7-10-18/h2-4,12H,5-11H2,1H3,(H,20,23). The molecule has 2 radical (unpaired) electrons. The quantitative estimate of drug-likeness (QED) is 0.883. The van der Waals surface area contributed by atoms with Gasteiger partial charge >= 0.3 is 0 Å².